The number of carbonyl (C=O) groups is 1. The van der Waals surface area contributed by atoms with Gasteiger partial charge in [-0.05, 0) is 66.2 Å². The number of benzene rings is 4. The van der Waals surface area contributed by atoms with E-state index in [2.05, 4.69) is 27.9 Å². The summed E-state index contributed by atoms with van der Waals surface area (Å²) < 4.78 is 13.2. The van der Waals surface area contributed by atoms with Crippen LogP contribution in [0.4, 0.5) is 17.3 Å². The highest BCUT2D eigenvalue weighted by Crippen LogP contribution is 2.36. The molecule has 1 amide bonds. The van der Waals surface area contributed by atoms with Gasteiger partial charge in [-0.15, -0.1) is 0 Å². The molecular weight excluding hydrogens is 514 g/mol. The molecule has 0 saturated heterocycles. The van der Waals surface area contributed by atoms with Crippen LogP contribution in [0.1, 0.15) is 5.56 Å². The molecule has 0 unspecified atom stereocenters. The molecule has 0 aliphatic rings. The number of ether oxygens (including phenoxy) is 1. The predicted octanol–water partition coefficient (Wildman–Crippen LogP) is 7.23. The molecule has 0 spiro atoms. The first-order valence-electron chi connectivity index (χ1n) is 13.2. The number of anilines is 3. The molecule has 7 aromatic rings. The quantitative estimate of drug-likeness (QED) is 0.222. The van der Waals surface area contributed by atoms with Crippen molar-refractivity contribution in [1.29, 1.82) is 0 Å². The number of hydrogen-bond acceptors (Lipinski definition) is 6. The number of nitrogens with one attached hydrogen (secondary N) is 2. The highest BCUT2D eigenvalue weighted by atomic mass is 16.5. The van der Waals surface area contributed by atoms with Gasteiger partial charge in [0.2, 0.25) is 11.9 Å². The summed E-state index contributed by atoms with van der Waals surface area (Å²) in [5.74, 6) is 1.23. The van der Waals surface area contributed by atoms with Gasteiger partial charge in [-0.3, -0.25) is 4.79 Å². The molecule has 3 aromatic heterocycles. The molecule has 41 heavy (non-hydrogen) atoms. The number of hydrogen-bond donors (Lipinski definition) is 2. The van der Waals surface area contributed by atoms with E-state index < -0.39 is 0 Å². The van der Waals surface area contributed by atoms with E-state index in [0.717, 1.165) is 55.7 Å². The van der Waals surface area contributed by atoms with Gasteiger partial charge in [-0.1, -0.05) is 42.5 Å². The highest BCUT2D eigenvalue weighted by molar-refractivity contribution is 6.09. The van der Waals surface area contributed by atoms with Crippen LogP contribution in [-0.2, 0) is 11.2 Å². The molecule has 0 radical (unpaired) electrons. The van der Waals surface area contributed by atoms with Gasteiger partial charge in [0.15, 0.2) is 0 Å². The van der Waals surface area contributed by atoms with E-state index in [4.69, 9.17) is 14.1 Å². The van der Waals surface area contributed by atoms with Crippen molar-refractivity contribution in [1.82, 2.24) is 14.6 Å². The number of nitrogens with zero attached hydrogens (tertiary/aromatic N) is 3. The van der Waals surface area contributed by atoms with Crippen LogP contribution in [0.15, 0.2) is 114 Å². The minimum Gasteiger partial charge on any atom is -0.497 e. The van der Waals surface area contributed by atoms with Crippen LogP contribution in [0, 0.1) is 0 Å². The fraction of sp³-hybridized carbons (Fsp3) is 0.0606. The first-order chi connectivity index (χ1) is 20.1. The van der Waals surface area contributed by atoms with Crippen molar-refractivity contribution in [3.63, 3.8) is 0 Å². The van der Waals surface area contributed by atoms with E-state index in [1.807, 2.05) is 91.0 Å². The predicted molar refractivity (Wildman–Crippen MR) is 161 cm³/mol. The fourth-order valence-electron chi connectivity index (χ4n) is 5.00. The van der Waals surface area contributed by atoms with E-state index in [-0.39, 0.29) is 12.3 Å². The van der Waals surface area contributed by atoms with E-state index in [1.165, 1.54) is 0 Å². The maximum absolute atomic E-state index is 12.6. The van der Waals surface area contributed by atoms with Crippen molar-refractivity contribution < 1.29 is 13.9 Å². The van der Waals surface area contributed by atoms with E-state index >= 15 is 0 Å². The SMILES string of the molecule is COc1ccc(CC(=O)Nc2ccc(Nc3nc(-c4cccc5c4oc4ccccc45)cc4ccnn34)cc2)cc1. The van der Waals surface area contributed by atoms with Crippen molar-refractivity contribution in [2.75, 3.05) is 17.7 Å². The van der Waals surface area contributed by atoms with E-state index in [0.29, 0.717) is 11.6 Å². The Morgan fingerprint density at radius 3 is 2.49 bits per heavy atom. The maximum atomic E-state index is 12.6. The van der Waals surface area contributed by atoms with Crippen LogP contribution in [0.5, 0.6) is 5.75 Å². The highest BCUT2D eigenvalue weighted by Gasteiger charge is 2.15. The first kappa shape index (κ1) is 24.4. The number of amides is 1. The largest absolute Gasteiger partial charge is 0.497 e. The minimum atomic E-state index is -0.0942. The van der Waals surface area contributed by atoms with Gasteiger partial charge < -0.3 is 19.8 Å². The van der Waals surface area contributed by atoms with Crippen LogP contribution in [-0.4, -0.2) is 27.6 Å². The summed E-state index contributed by atoms with van der Waals surface area (Å²) >= 11 is 0. The number of aromatic nitrogens is 3. The summed E-state index contributed by atoms with van der Waals surface area (Å²) in [5.41, 5.74) is 6.63. The number of methoxy groups -OCH3 is 1. The van der Waals surface area contributed by atoms with Crippen LogP contribution < -0.4 is 15.4 Å². The molecule has 0 aliphatic heterocycles. The third-order valence-corrected chi connectivity index (χ3v) is 7.01. The minimum absolute atomic E-state index is 0.0942. The zero-order valence-electron chi connectivity index (χ0n) is 22.2. The Morgan fingerprint density at radius 2 is 1.66 bits per heavy atom. The second-order valence-electron chi connectivity index (χ2n) is 9.69. The van der Waals surface area contributed by atoms with Gasteiger partial charge in [0.25, 0.3) is 0 Å². The van der Waals surface area contributed by atoms with E-state index in [9.17, 15) is 4.79 Å². The molecular formula is C33H25N5O3. The van der Waals surface area contributed by atoms with Gasteiger partial charge in [0.05, 0.1) is 30.9 Å². The smallest absolute Gasteiger partial charge is 0.229 e. The zero-order chi connectivity index (χ0) is 27.8. The standard InChI is InChI=1S/C33H25N5O3/c1-40-25-15-9-21(10-16-25)19-31(39)35-22-11-13-23(14-12-22)36-33-37-29(20-24-17-18-34-38(24)33)28-7-4-6-27-26-5-2-3-8-30(26)41-32(27)28/h2-18,20H,19H2,1H3,(H,35,39)(H,36,37). The fourth-order valence-corrected chi connectivity index (χ4v) is 5.00. The van der Waals surface area contributed by atoms with Gasteiger partial charge in [0.1, 0.15) is 16.9 Å². The van der Waals surface area contributed by atoms with Crippen LogP contribution in [0.25, 0.3) is 38.7 Å². The summed E-state index contributed by atoms with van der Waals surface area (Å²) in [5, 5.41) is 12.9. The lowest BCUT2D eigenvalue weighted by Crippen LogP contribution is -2.14. The van der Waals surface area contributed by atoms with Gasteiger partial charge in [-0.25, -0.2) is 9.50 Å². The van der Waals surface area contributed by atoms with Crippen molar-refractivity contribution in [3.8, 4) is 17.0 Å². The van der Waals surface area contributed by atoms with Gasteiger partial charge in [-0.2, -0.15) is 5.10 Å². The second kappa shape index (κ2) is 10.2. The lowest BCUT2D eigenvalue weighted by Gasteiger charge is -2.11. The Labute approximate surface area is 235 Å². The van der Waals surface area contributed by atoms with Crippen molar-refractivity contribution >= 4 is 50.7 Å². The van der Waals surface area contributed by atoms with Gasteiger partial charge in [0, 0.05) is 27.7 Å². The third-order valence-electron chi connectivity index (χ3n) is 7.01. The Bertz CT molecular complexity index is 2030. The number of rotatable bonds is 7. The van der Waals surface area contributed by atoms with Crippen molar-refractivity contribution in [2.45, 2.75) is 6.42 Å². The molecule has 0 atom stereocenters. The second-order valence-corrected chi connectivity index (χ2v) is 9.69. The Hall–Kier alpha value is -5.63. The Morgan fingerprint density at radius 1 is 0.878 bits per heavy atom. The molecule has 0 bridgehead atoms. The molecule has 0 aliphatic carbocycles. The van der Waals surface area contributed by atoms with Crippen LogP contribution in [0.2, 0.25) is 0 Å². The number of carbonyl (C=O) groups excluding carboxylic acids is 1. The summed E-state index contributed by atoms with van der Waals surface area (Å²) in [6.45, 7) is 0. The topological polar surface area (TPSA) is 93.7 Å². The number of furan rings is 1. The Kier molecular flexibility index (Phi) is 6.05. The molecule has 0 fully saturated rings. The third kappa shape index (κ3) is 4.72. The molecule has 2 N–H and O–H groups in total. The van der Waals surface area contributed by atoms with E-state index in [1.54, 1.807) is 17.8 Å². The molecule has 8 nitrogen and oxygen atoms in total. The molecule has 8 heteroatoms. The summed E-state index contributed by atoms with van der Waals surface area (Å²) in [6, 6.07) is 33.1. The lowest BCUT2D eigenvalue weighted by atomic mass is 10.1. The van der Waals surface area contributed by atoms with Crippen LogP contribution >= 0.6 is 0 Å². The molecule has 200 valence electrons. The number of para-hydroxylation sites is 2. The lowest BCUT2D eigenvalue weighted by molar-refractivity contribution is -0.115. The molecule has 7 rings (SSSR count). The Balaban J connectivity index is 1.14. The van der Waals surface area contributed by atoms with Crippen molar-refractivity contribution in [2.24, 2.45) is 0 Å². The average molecular weight is 540 g/mol. The molecule has 3 heterocycles. The average Bonchev–Trinajstić information content (AvgIpc) is 3.63. The van der Waals surface area contributed by atoms with Crippen LogP contribution in [0.3, 0.4) is 0 Å². The summed E-state index contributed by atoms with van der Waals surface area (Å²) in [6.07, 6.45) is 2.02. The molecule has 0 saturated carbocycles. The summed E-state index contributed by atoms with van der Waals surface area (Å²) in [4.78, 5) is 17.5. The van der Waals surface area contributed by atoms with Gasteiger partial charge >= 0.3 is 0 Å². The monoisotopic (exact) mass is 539 g/mol. The number of fused-ring (bicyclic) bond motifs is 4. The maximum Gasteiger partial charge on any atom is 0.229 e. The molecule has 4 aromatic carbocycles. The first-order valence-corrected chi connectivity index (χ1v) is 13.2. The van der Waals surface area contributed by atoms with Crippen molar-refractivity contribution in [3.05, 3.63) is 115 Å². The normalized spacial score (nSPS) is 11.2. The summed E-state index contributed by atoms with van der Waals surface area (Å²) in [7, 11) is 1.62. The zero-order valence-corrected chi connectivity index (χ0v) is 22.2.